The van der Waals surface area contributed by atoms with Gasteiger partial charge in [0, 0.05) is 35.2 Å². The van der Waals surface area contributed by atoms with Crippen LogP contribution in [-0.4, -0.2) is 79.1 Å². The zero-order valence-electron chi connectivity index (χ0n) is 28.1. The summed E-state index contributed by atoms with van der Waals surface area (Å²) in [6.45, 7) is 15.2. The van der Waals surface area contributed by atoms with Crippen LogP contribution in [0, 0.1) is 0 Å². The average molecular weight is 637 g/mol. The van der Waals surface area contributed by atoms with E-state index in [1.165, 1.54) is 0 Å². The molecule has 0 aliphatic heterocycles. The lowest BCUT2D eigenvalue weighted by molar-refractivity contribution is 0.0951. The van der Waals surface area contributed by atoms with Crippen molar-refractivity contribution in [3.63, 3.8) is 0 Å². The van der Waals surface area contributed by atoms with Gasteiger partial charge in [-0.25, -0.2) is 0 Å². The van der Waals surface area contributed by atoms with Gasteiger partial charge in [-0.1, -0.05) is 82.3 Å². The van der Waals surface area contributed by atoms with Crippen LogP contribution in [0.1, 0.15) is 61.3 Å². The maximum absolute atomic E-state index is 13.3. The van der Waals surface area contributed by atoms with E-state index in [2.05, 4.69) is 58.4 Å². The van der Waals surface area contributed by atoms with E-state index in [4.69, 9.17) is 0 Å². The van der Waals surface area contributed by atoms with Crippen molar-refractivity contribution >= 4 is 34.0 Å². The van der Waals surface area contributed by atoms with Crippen molar-refractivity contribution < 1.29 is 14.7 Å². The summed E-state index contributed by atoms with van der Waals surface area (Å²) in [5.41, 5.74) is 2.79. The largest absolute Gasteiger partial charge is 0.505 e. The Morgan fingerprint density at radius 1 is 0.681 bits per heavy atom. The van der Waals surface area contributed by atoms with Gasteiger partial charge in [-0.2, -0.15) is 5.11 Å². The third kappa shape index (κ3) is 9.70. The summed E-state index contributed by atoms with van der Waals surface area (Å²) in [6, 6.07) is 24.1. The molecular formula is C38H48N6O3. The number of hydrogen-bond donors (Lipinski definition) is 3. The lowest BCUT2D eigenvalue weighted by Gasteiger charge is -2.18. The highest BCUT2D eigenvalue weighted by Crippen LogP contribution is 2.43. The minimum absolute atomic E-state index is 0.00641. The number of amides is 2. The highest BCUT2D eigenvalue weighted by molar-refractivity contribution is 6.02. The van der Waals surface area contributed by atoms with E-state index in [0.717, 1.165) is 68.4 Å². The van der Waals surface area contributed by atoms with E-state index >= 15 is 0 Å². The molecule has 9 heteroatoms. The lowest BCUT2D eigenvalue weighted by atomic mass is 9.98. The lowest BCUT2D eigenvalue weighted by Crippen LogP contribution is -2.31. The third-order valence-corrected chi connectivity index (χ3v) is 8.45. The maximum atomic E-state index is 13.3. The SMILES string of the molecule is CCN(CC)CCCNC(=O)c1cc(/N=N\c2c(O)c(-c3ccccc3)cc3ccccc23)cc(C(=O)NCCCN(CC)CC)c1. The summed E-state index contributed by atoms with van der Waals surface area (Å²) in [5.74, 6) is -0.556. The molecule has 3 N–H and O–H groups in total. The zero-order valence-corrected chi connectivity index (χ0v) is 28.1. The van der Waals surface area contributed by atoms with Crippen LogP contribution < -0.4 is 10.6 Å². The first kappa shape index (κ1) is 35.3. The van der Waals surface area contributed by atoms with Gasteiger partial charge in [0.15, 0.2) is 5.75 Å². The number of phenols is 1. The van der Waals surface area contributed by atoms with Gasteiger partial charge < -0.3 is 25.5 Å². The molecule has 0 radical (unpaired) electrons. The molecule has 0 bridgehead atoms. The Kier molecular flexibility index (Phi) is 13.4. The molecule has 0 saturated carbocycles. The number of nitrogens with zero attached hydrogens (tertiary/aromatic N) is 4. The van der Waals surface area contributed by atoms with Crippen molar-refractivity contribution in [1.29, 1.82) is 0 Å². The first-order chi connectivity index (χ1) is 22.9. The van der Waals surface area contributed by atoms with Crippen molar-refractivity contribution in [1.82, 2.24) is 20.4 Å². The van der Waals surface area contributed by atoms with Gasteiger partial charge in [-0.3, -0.25) is 9.59 Å². The Morgan fingerprint density at radius 3 is 1.77 bits per heavy atom. The number of carbonyl (C=O) groups excluding carboxylic acids is 2. The predicted octanol–water partition coefficient (Wildman–Crippen LogP) is 7.55. The number of phenolic OH excluding ortho intramolecular Hbond substituents is 1. The van der Waals surface area contributed by atoms with Crippen LogP contribution in [0.25, 0.3) is 21.9 Å². The Hall–Kier alpha value is -4.60. The first-order valence-corrected chi connectivity index (χ1v) is 16.8. The molecule has 248 valence electrons. The van der Waals surface area contributed by atoms with E-state index in [0.29, 0.717) is 41.2 Å². The van der Waals surface area contributed by atoms with Gasteiger partial charge in [0.1, 0.15) is 5.69 Å². The number of aromatic hydroxyl groups is 1. The molecule has 0 aliphatic rings. The summed E-state index contributed by atoms with van der Waals surface area (Å²) in [7, 11) is 0. The standard InChI is InChI=1S/C38H48N6O3/c1-5-43(6-2)22-14-20-39-37(46)30-24-31(38(47)40-21-15-23-44(7-3)8-4)26-32(25-30)41-42-35-33-19-13-12-18-29(33)27-34(36(35)45)28-16-10-9-11-17-28/h9-13,16-19,24-27,45H,5-8,14-15,20-23H2,1-4H3,(H,39,46)(H,40,47)/b42-41-. The van der Waals surface area contributed by atoms with Gasteiger partial charge >= 0.3 is 0 Å². The van der Waals surface area contributed by atoms with Crippen LogP contribution >= 0.6 is 0 Å². The molecule has 0 atom stereocenters. The monoisotopic (exact) mass is 636 g/mol. The second-order valence-corrected chi connectivity index (χ2v) is 11.4. The molecule has 0 unspecified atom stereocenters. The van der Waals surface area contributed by atoms with Crippen LogP contribution in [0.3, 0.4) is 0 Å². The van der Waals surface area contributed by atoms with Gasteiger partial charge in [0.2, 0.25) is 0 Å². The number of rotatable bonds is 17. The van der Waals surface area contributed by atoms with E-state index in [1.807, 2.05) is 60.7 Å². The fourth-order valence-corrected chi connectivity index (χ4v) is 5.59. The molecule has 0 aliphatic carbocycles. The van der Waals surface area contributed by atoms with Crippen molar-refractivity contribution in [3.8, 4) is 16.9 Å². The van der Waals surface area contributed by atoms with Crippen LogP contribution in [0.15, 0.2) is 89.1 Å². The normalized spacial score (nSPS) is 11.5. The van der Waals surface area contributed by atoms with Gasteiger partial charge in [-0.05, 0) is 87.3 Å². The molecule has 0 saturated heterocycles. The molecule has 4 aromatic carbocycles. The summed E-state index contributed by atoms with van der Waals surface area (Å²) < 4.78 is 0. The minimum Gasteiger partial charge on any atom is -0.505 e. The van der Waals surface area contributed by atoms with Crippen molar-refractivity contribution in [2.45, 2.75) is 40.5 Å². The summed E-state index contributed by atoms with van der Waals surface area (Å²) in [4.78, 5) is 31.2. The van der Waals surface area contributed by atoms with Gasteiger partial charge in [0.05, 0.1) is 5.69 Å². The molecule has 47 heavy (non-hydrogen) atoms. The second kappa shape index (κ2) is 17.9. The van der Waals surface area contributed by atoms with E-state index in [9.17, 15) is 14.7 Å². The summed E-state index contributed by atoms with van der Waals surface area (Å²) >= 11 is 0. The number of azo groups is 1. The van der Waals surface area contributed by atoms with Crippen molar-refractivity contribution in [3.05, 3.63) is 90.0 Å². The minimum atomic E-state index is -0.281. The predicted molar refractivity (Wildman–Crippen MR) is 191 cm³/mol. The van der Waals surface area contributed by atoms with Gasteiger partial charge in [0.25, 0.3) is 11.8 Å². The maximum Gasteiger partial charge on any atom is 0.251 e. The van der Waals surface area contributed by atoms with E-state index in [1.54, 1.807) is 18.2 Å². The molecule has 4 aromatic rings. The number of hydrogen-bond acceptors (Lipinski definition) is 7. The molecule has 9 nitrogen and oxygen atoms in total. The smallest absolute Gasteiger partial charge is 0.251 e. The van der Waals surface area contributed by atoms with Crippen LogP contribution in [-0.2, 0) is 0 Å². The van der Waals surface area contributed by atoms with Crippen molar-refractivity contribution in [2.75, 3.05) is 52.4 Å². The summed E-state index contributed by atoms with van der Waals surface area (Å²) in [5, 5.41) is 28.0. The number of fused-ring (bicyclic) bond motifs is 1. The average Bonchev–Trinajstić information content (AvgIpc) is 3.11. The Morgan fingerprint density at radius 2 is 1.21 bits per heavy atom. The number of benzene rings is 4. The number of carbonyl (C=O) groups is 2. The molecule has 2 amide bonds. The zero-order chi connectivity index (χ0) is 33.6. The molecule has 0 aromatic heterocycles. The number of nitrogens with one attached hydrogen (secondary N) is 2. The fraction of sp³-hybridized carbons (Fsp3) is 0.368. The van der Waals surface area contributed by atoms with Crippen LogP contribution in [0.2, 0.25) is 0 Å². The topological polar surface area (TPSA) is 110 Å². The molecule has 0 fully saturated rings. The Bertz CT molecular complexity index is 1600. The summed E-state index contributed by atoms with van der Waals surface area (Å²) in [6.07, 6.45) is 1.63. The van der Waals surface area contributed by atoms with Crippen molar-refractivity contribution in [2.24, 2.45) is 10.2 Å². The second-order valence-electron chi connectivity index (χ2n) is 11.4. The Balaban J connectivity index is 1.64. The molecule has 0 heterocycles. The highest BCUT2D eigenvalue weighted by atomic mass is 16.3. The fourth-order valence-electron chi connectivity index (χ4n) is 5.59. The molecule has 0 spiro atoms. The van der Waals surface area contributed by atoms with E-state index in [-0.39, 0.29) is 17.6 Å². The van der Waals surface area contributed by atoms with Gasteiger partial charge in [-0.15, -0.1) is 5.11 Å². The van der Waals surface area contributed by atoms with E-state index < -0.39 is 0 Å². The van der Waals surface area contributed by atoms with Crippen LogP contribution in [0.4, 0.5) is 11.4 Å². The van der Waals surface area contributed by atoms with Crippen LogP contribution in [0.5, 0.6) is 5.75 Å². The quantitative estimate of drug-likeness (QED) is 0.0819. The Labute approximate surface area is 278 Å². The third-order valence-electron chi connectivity index (χ3n) is 8.45. The molecule has 4 rings (SSSR count). The first-order valence-electron chi connectivity index (χ1n) is 16.8. The highest BCUT2D eigenvalue weighted by Gasteiger charge is 2.16. The molecular weight excluding hydrogens is 588 g/mol.